The molecule has 0 aliphatic carbocycles. The van der Waals surface area contributed by atoms with Crippen LogP contribution >= 0.6 is 36.6 Å². The monoisotopic (exact) mass is 404 g/mol. The van der Waals surface area contributed by atoms with E-state index in [1.54, 1.807) is 11.8 Å². The maximum absolute atomic E-state index is 12.4. The van der Waals surface area contributed by atoms with Gasteiger partial charge < -0.3 is 14.2 Å². The fraction of sp³-hybridized carbons (Fsp3) is 0.500. The molecule has 4 rings (SSSR count). The van der Waals surface area contributed by atoms with Crippen LogP contribution in [0, 0.1) is 6.92 Å². The van der Waals surface area contributed by atoms with Crippen molar-refractivity contribution in [2.45, 2.75) is 13.0 Å². The Morgan fingerprint density at radius 2 is 2.04 bits per heavy atom. The van der Waals surface area contributed by atoms with Crippen LogP contribution in [-0.4, -0.2) is 59.6 Å². The third-order valence-corrected chi connectivity index (χ3v) is 5.35. The van der Waals surface area contributed by atoms with Gasteiger partial charge in [0, 0.05) is 37.8 Å². The first-order chi connectivity index (χ1) is 11.2. The molecule has 138 valence electrons. The van der Waals surface area contributed by atoms with E-state index < -0.39 is 0 Å². The lowest BCUT2D eigenvalue weighted by Crippen LogP contribution is -2.53. The van der Waals surface area contributed by atoms with Crippen molar-refractivity contribution in [3.63, 3.8) is 0 Å². The number of carbonyl (C=O) groups excluding carboxylic acids is 1. The second-order valence-corrected chi connectivity index (χ2v) is 7.08. The van der Waals surface area contributed by atoms with E-state index in [-0.39, 0.29) is 36.8 Å². The lowest BCUT2D eigenvalue weighted by Gasteiger charge is -2.35. The van der Waals surface area contributed by atoms with Gasteiger partial charge in [-0.05, 0) is 24.6 Å². The maximum Gasteiger partial charge on any atom is 0.298 e. The summed E-state index contributed by atoms with van der Waals surface area (Å²) in [6.45, 7) is 5.02. The van der Waals surface area contributed by atoms with Gasteiger partial charge in [-0.25, -0.2) is 0 Å². The molecule has 9 heteroatoms. The molecule has 3 heterocycles. The van der Waals surface area contributed by atoms with E-state index in [0.717, 1.165) is 48.9 Å². The molecular formula is C16H22Cl2N4O2S. The number of hydrogen-bond donors (Lipinski definition) is 1. The van der Waals surface area contributed by atoms with Crippen LogP contribution in [0.3, 0.4) is 0 Å². The van der Waals surface area contributed by atoms with Gasteiger partial charge in [-0.15, -0.1) is 36.6 Å². The number of benzene rings is 1. The number of thioether (sulfide) groups is 1. The first-order valence-electron chi connectivity index (χ1n) is 7.93. The predicted molar refractivity (Wildman–Crippen MR) is 106 cm³/mol. The largest absolute Gasteiger partial charge is 0.423 e. The molecule has 1 atom stereocenters. The van der Waals surface area contributed by atoms with E-state index in [1.165, 1.54) is 5.56 Å². The fourth-order valence-corrected chi connectivity index (χ4v) is 3.99. The Kier molecular flexibility index (Phi) is 6.85. The molecule has 25 heavy (non-hydrogen) atoms. The number of carbonyl (C=O) groups is 1. The number of aryl methyl sites for hydroxylation is 1. The second kappa shape index (κ2) is 8.49. The maximum atomic E-state index is 12.4. The summed E-state index contributed by atoms with van der Waals surface area (Å²) >= 11 is 1.78. The Bertz CT molecular complexity index is 728. The van der Waals surface area contributed by atoms with E-state index in [0.29, 0.717) is 6.01 Å². The molecule has 1 aromatic carbocycles. The number of hydrogen-bond acceptors (Lipinski definition) is 6. The molecule has 2 saturated heterocycles. The first-order valence-corrected chi connectivity index (χ1v) is 9.08. The van der Waals surface area contributed by atoms with Crippen molar-refractivity contribution in [1.29, 1.82) is 0 Å². The van der Waals surface area contributed by atoms with Crippen molar-refractivity contribution in [2.24, 2.45) is 0 Å². The number of nitrogens with one attached hydrogen (secondary N) is 1. The number of nitrogens with zero attached hydrogens (tertiary/aromatic N) is 3. The van der Waals surface area contributed by atoms with Crippen molar-refractivity contribution in [3.05, 3.63) is 23.8 Å². The van der Waals surface area contributed by atoms with Crippen molar-refractivity contribution in [3.8, 4) is 0 Å². The highest BCUT2D eigenvalue weighted by Gasteiger charge is 2.30. The molecule has 2 aliphatic rings. The number of anilines is 1. The van der Waals surface area contributed by atoms with Crippen molar-refractivity contribution < 1.29 is 9.21 Å². The highest BCUT2D eigenvalue weighted by Crippen LogP contribution is 2.24. The molecule has 6 nitrogen and oxygen atoms in total. The lowest BCUT2D eigenvalue weighted by molar-refractivity contribution is -0.132. The molecule has 1 aromatic heterocycles. The third-order valence-electron chi connectivity index (χ3n) is 4.41. The molecule has 1 unspecified atom stereocenters. The van der Waals surface area contributed by atoms with Gasteiger partial charge in [0.15, 0.2) is 5.58 Å². The molecule has 0 saturated carbocycles. The zero-order valence-electron chi connectivity index (χ0n) is 13.9. The van der Waals surface area contributed by atoms with Gasteiger partial charge in [0.1, 0.15) is 5.52 Å². The minimum absolute atomic E-state index is 0. The summed E-state index contributed by atoms with van der Waals surface area (Å²) in [4.78, 5) is 21.1. The SMILES string of the molecule is Cc1ccc2oc(N3CCN(C(=O)C4CSCN4)CC3)nc2c1.Cl.Cl. The summed E-state index contributed by atoms with van der Waals surface area (Å²) in [5.41, 5.74) is 2.89. The highest BCUT2D eigenvalue weighted by atomic mass is 35.5. The number of aromatic nitrogens is 1. The highest BCUT2D eigenvalue weighted by molar-refractivity contribution is 7.99. The topological polar surface area (TPSA) is 61.6 Å². The van der Waals surface area contributed by atoms with E-state index >= 15 is 0 Å². The molecule has 0 bridgehead atoms. The Labute approximate surface area is 163 Å². The number of piperazine rings is 1. The van der Waals surface area contributed by atoms with Crippen LogP contribution in [-0.2, 0) is 4.79 Å². The Balaban J connectivity index is 0.00000113. The molecule has 1 amide bonds. The van der Waals surface area contributed by atoms with Crippen molar-refractivity contribution in [1.82, 2.24) is 15.2 Å². The molecule has 0 spiro atoms. The minimum atomic E-state index is -0.0150. The van der Waals surface area contributed by atoms with Crippen molar-refractivity contribution >= 4 is 59.6 Å². The van der Waals surface area contributed by atoms with Crippen LogP contribution in [0.1, 0.15) is 5.56 Å². The molecular weight excluding hydrogens is 383 g/mol. The predicted octanol–water partition coefficient (Wildman–Crippen LogP) is 2.29. The van der Waals surface area contributed by atoms with Gasteiger partial charge in [0.2, 0.25) is 5.91 Å². The summed E-state index contributed by atoms with van der Waals surface area (Å²) in [7, 11) is 0. The van der Waals surface area contributed by atoms with Crippen LogP contribution in [0.5, 0.6) is 0 Å². The van der Waals surface area contributed by atoms with Gasteiger partial charge in [0.05, 0.1) is 6.04 Å². The van der Waals surface area contributed by atoms with E-state index in [9.17, 15) is 4.79 Å². The molecule has 2 aromatic rings. The van der Waals surface area contributed by atoms with E-state index in [4.69, 9.17) is 4.42 Å². The molecule has 2 fully saturated rings. The zero-order chi connectivity index (χ0) is 15.8. The summed E-state index contributed by atoms with van der Waals surface area (Å²) in [5, 5.41) is 3.25. The Morgan fingerprint density at radius 1 is 1.28 bits per heavy atom. The lowest BCUT2D eigenvalue weighted by atomic mass is 10.2. The smallest absolute Gasteiger partial charge is 0.298 e. The number of halogens is 2. The normalized spacial score (nSPS) is 20.3. The van der Waals surface area contributed by atoms with Gasteiger partial charge in [0.25, 0.3) is 6.01 Å². The molecule has 0 radical (unpaired) electrons. The average molecular weight is 405 g/mol. The van der Waals surface area contributed by atoms with E-state index in [2.05, 4.69) is 15.2 Å². The van der Waals surface area contributed by atoms with Crippen LogP contribution in [0.4, 0.5) is 6.01 Å². The van der Waals surface area contributed by atoms with Crippen LogP contribution in [0.15, 0.2) is 22.6 Å². The molecule has 2 aliphatic heterocycles. The Hall–Kier alpha value is -1.15. The Morgan fingerprint density at radius 3 is 2.72 bits per heavy atom. The minimum Gasteiger partial charge on any atom is -0.423 e. The van der Waals surface area contributed by atoms with E-state index in [1.807, 2.05) is 30.0 Å². The third kappa shape index (κ3) is 4.16. The standard InChI is InChI=1S/C16H20N4O2S.2ClH/c1-11-2-3-14-12(8-11)18-16(22-14)20-6-4-19(5-7-20)15(21)13-9-23-10-17-13;;/h2-3,8,13,17H,4-7,9-10H2,1H3;2*1H. The molecule has 1 N–H and O–H groups in total. The average Bonchev–Trinajstić information content (AvgIpc) is 3.23. The van der Waals surface area contributed by atoms with Gasteiger partial charge >= 0.3 is 0 Å². The summed E-state index contributed by atoms with van der Waals surface area (Å²) < 4.78 is 5.85. The summed E-state index contributed by atoms with van der Waals surface area (Å²) in [5.74, 6) is 1.98. The van der Waals surface area contributed by atoms with Crippen LogP contribution < -0.4 is 10.2 Å². The van der Waals surface area contributed by atoms with Crippen molar-refractivity contribution in [2.75, 3.05) is 42.7 Å². The second-order valence-electron chi connectivity index (χ2n) is 6.05. The first kappa shape index (κ1) is 20.2. The number of amides is 1. The van der Waals surface area contributed by atoms with Crippen LogP contribution in [0.25, 0.3) is 11.1 Å². The van der Waals surface area contributed by atoms with Gasteiger partial charge in [-0.1, -0.05) is 6.07 Å². The zero-order valence-corrected chi connectivity index (χ0v) is 16.4. The number of fused-ring (bicyclic) bond motifs is 1. The number of oxazole rings is 1. The summed E-state index contributed by atoms with van der Waals surface area (Å²) in [6, 6.07) is 6.67. The summed E-state index contributed by atoms with van der Waals surface area (Å²) in [6.07, 6.45) is 0. The quantitative estimate of drug-likeness (QED) is 0.828. The fourth-order valence-electron chi connectivity index (χ4n) is 3.05. The van der Waals surface area contributed by atoms with Gasteiger partial charge in [-0.2, -0.15) is 4.98 Å². The van der Waals surface area contributed by atoms with Crippen LogP contribution in [0.2, 0.25) is 0 Å². The number of rotatable bonds is 2. The van der Waals surface area contributed by atoms with Gasteiger partial charge in [-0.3, -0.25) is 10.1 Å².